The molecule has 18 heavy (non-hydrogen) atoms. The zero-order chi connectivity index (χ0) is 12.8. The fourth-order valence-electron chi connectivity index (χ4n) is 1.62. The van der Waals surface area contributed by atoms with Gasteiger partial charge in [0.25, 0.3) is 0 Å². The molecule has 0 atom stereocenters. The number of nitrogens with zero attached hydrogens (tertiary/aromatic N) is 1. The lowest BCUT2D eigenvalue weighted by Crippen LogP contribution is -2.12. The van der Waals surface area contributed by atoms with E-state index in [4.69, 9.17) is 10.5 Å². The summed E-state index contributed by atoms with van der Waals surface area (Å²) in [5.74, 6) is 1.31. The molecule has 0 saturated heterocycles. The van der Waals surface area contributed by atoms with Crippen molar-refractivity contribution in [1.29, 1.82) is 0 Å². The smallest absolute Gasteiger partial charge is 0.131 e. The summed E-state index contributed by atoms with van der Waals surface area (Å²) in [6.45, 7) is 2.59. The first-order valence-electron chi connectivity index (χ1n) is 5.92. The molecule has 2 N–H and O–H groups in total. The van der Waals surface area contributed by atoms with Crippen LogP contribution in [0.15, 0.2) is 59.6 Å². The monoisotopic (exact) mass is 240 g/mol. The number of aliphatic imine (C=N–C) groups is 1. The van der Waals surface area contributed by atoms with Crippen LogP contribution in [0.4, 0.5) is 5.69 Å². The van der Waals surface area contributed by atoms with Gasteiger partial charge in [0.15, 0.2) is 0 Å². The second-order valence-corrected chi connectivity index (χ2v) is 3.79. The summed E-state index contributed by atoms with van der Waals surface area (Å²) in [7, 11) is 0. The van der Waals surface area contributed by atoms with E-state index in [1.165, 1.54) is 0 Å². The van der Waals surface area contributed by atoms with Crippen LogP contribution < -0.4 is 10.5 Å². The standard InChI is InChI=1S/C15H16N2O/c1-2-18-14-10-6-9-13(11-14)17-15(16)12-7-4-3-5-8-12/h3-11H,2H2,1H3,(H2,16,17). The molecule has 92 valence electrons. The van der Waals surface area contributed by atoms with Gasteiger partial charge >= 0.3 is 0 Å². The van der Waals surface area contributed by atoms with E-state index in [-0.39, 0.29) is 0 Å². The summed E-state index contributed by atoms with van der Waals surface area (Å²) in [6.07, 6.45) is 0. The highest BCUT2D eigenvalue weighted by Crippen LogP contribution is 2.20. The van der Waals surface area contributed by atoms with Gasteiger partial charge in [0.05, 0.1) is 12.3 Å². The molecule has 0 aliphatic heterocycles. The van der Waals surface area contributed by atoms with Crippen molar-refractivity contribution in [1.82, 2.24) is 0 Å². The number of ether oxygens (including phenoxy) is 1. The maximum Gasteiger partial charge on any atom is 0.131 e. The van der Waals surface area contributed by atoms with Crippen molar-refractivity contribution in [2.24, 2.45) is 10.7 Å². The number of hydrogen-bond donors (Lipinski definition) is 1. The molecular formula is C15H16N2O. The fraction of sp³-hybridized carbons (Fsp3) is 0.133. The van der Waals surface area contributed by atoms with Gasteiger partial charge in [0, 0.05) is 11.6 Å². The third-order valence-electron chi connectivity index (χ3n) is 2.45. The van der Waals surface area contributed by atoms with Crippen molar-refractivity contribution in [3.63, 3.8) is 0 Å². The predicted octanol–water partition coefficient (Wildman–Crippen LogP) is 3.12. The van der Waals surface area contributed by atoms with Gasteiger partial charge in [-0.1, -0.05) is 36.4 Å². The van der Waals surface area contributed by atoms with Gasteiger partial charge in [-0.2, -0.15) is 0 Å². The van der Waals surface area contributed by atoms with E-state index in [0.29, 0.717) is 12.4 Å². The van der Waals surface area contributed by atoms with Gasteiger partial charge in [-0.25, -0.2) is 4.99 Å². The average molecular weight is 240 g/mol. The Kier molecular flexibility index (Phi) is 3.97. The SMILES string of the molecule is CCOc1cccc(N=C(N)c2ccccc2)c1. The molecule has 0 heterocycles. The quantitative estimate of drug-likeness (QED) is 0.659. The maximum atomic E-state index is 5.96. The molecule has 0 fully saturated rings. The van der Waals surface area contributed by atoms with Crippen LogP contribution in [0.3, 0.4) is 0 Å². The van der Waals surface area contributed by atoms with Crippen LogP contribution in [0.25, 0.3) is 0 Å². The van der Waals surface area contributed by atoms with Crippen LogP contribution in [-0.4, -0.2) is 12.4 Å². The van der Waals surface area contributed by atoms with Crippen molar-refractivity contribution in [2.75, 3.05) is 6.61 Å². The molecule has 0 amide bonds. The van der Waals surface area contributed by atoms with E-state index >= 15 is 0 Å². The van der Waals surface area contributed by atoms with Crippen molar-refractivity contribution in [3.05, 3.63) is 60.2 Å². The molecule has 0 aliphatic carbocycles. The second kappa shape index (κ2) is 5.87. The average Bonchev–Trinajstić information content (AvgIpc) is 2.40. The van der Waals surface area contributed by atoms with Gasteiger partial charge in [-0.15, -0.1) is 0 Å². The molecule has 2 aromatic carbocycles. The third-order valence-corrected chi connectivity index (χ3v) is 2.45. The minimum absolute atomic E-state index is 0.504. The van der Waals surface area contributed by atoms with Gasteiger partial charge < -0.3 is 10.5 Å². The van der Waals surface area contributed by atoms with Crippen LogP contribution in [0, 0.1) is 0 Å². The fourth-order valence-corrected chi connectivity index (χ4v) is 1.62. The molecule has 3 nitrogen and oxygen atoms in total. The molecule has 0 aromatic heterocycles. The van der Waals surface area contributed by atoms with Gasteiger partial charge in [0.2, 0.25) is 0 Å². The Labute approximate surface area is 107 Å². The Bertz CT molecular complexity index is 535. The van der Waals surface area contributed by atoms with Crippen molar-refractivity contribution in [3.8, 4) is 5.75 Å². The minimum Gasteiger partial charge on any atom is -0.494 e. The van der Waals surface area contributed by atoms with E-state index < -0.39 is 0 Å². The van der Waals surface area contributed by atoms with Crippen LogP contribution in [0.2, 0.25) is 0 Å². The van der Waals surface area contributed by atoms with Gasteiger partial charge in [0.1, 0.15) is 11.6 Å². The topological polar surface area (TPSA) is 47.6 Å². The summed E-state index contributed by atoms with van der Waals surface area (Å²) in [5.41, 5.74) is 7.67. The highest BCUT2D eigenvalue weighted by molar-refractivity contribution is 5.98. The summed E-state index contributed by atoms with van der Waals surface area (Å²) in [6, 6.07) is 17.3. The van der Waals surface area contributed by atoms with E-state index in [0.717, 1.165) is 17.0 Å². The summed E-state index contributed by atoms with van der Waals surface area (Å²) < 4.78 is 5.42. The number of benzene rings is 2. The lowest BCUT2D eigenvalue weighted by atomic mass is 10.2. The van der Waals surface area contributed by atoms with Crippen molar-refractivity contribution >= 4 is 11.5 Å². The Balaban J connectivity index is 2.24. The zero-order valence-corrected chi connectivity index (χ0v) is 10.3. The van der Waals surface area contributed by atoms with E-state index in [1.54, 1.807) is 0 Å². The Hall–Kier alpha value is -2.29. The van der Waals surface area contributed by atoms with E-state index in [2.05, 4.69) is 4.99 Å². The number of rotatable bonds is 4. The van der Waals surface area contributed by atoms with Crippen LogP contribution in [0.1, 0.15) is 12.5 Å². The van der Waals surface area contributed by atoms with Crippen molar-refractivity contribution in [2.45, 2.75) is 6.92 Å². The lowest BCUT2D eigenvalue weighted by Gasteiger charge is -2.04. The lowest BCUT2D eigenvalue weighted by molar-refractivity contribution is 0.340. The first-order chi connectivity index (χ1) is 8.79. The minimum atomic E-state index is 0.504. The molecule has 2 aromatic rings. The highest BCUT2D eigenvalue weighted by Gasteiger charge is 1.99. The van der Waals surface area contributed by atoms with Gasteiger partial charge in [-0.05, 0) is 19.1 Å². The maximum absolute atomic E-state index is 5.96. The Morgan fingerprint density at radius 3 is 2.61 bits per heavy atom. The molecule has 0 aliphatic rings. The largest absolute Gasteiger partial charge is 0.494 e. The summed E-state index contributed by atoms with van der Waals surface area (Å²) >= 11 is 0. The molecule has 3 heteroatoms. The molecule has 2 rings (SSSR count). The van der Waals surface area contributed by atoms with E-state index in [9.17, 15) is 0 Å². The summed E-state index contributed by atoms with van der Waals surface area (Å²) in [5, 5.41) is 0. The summed E-state index contributed by atoms with van der Waals surface area (Å²) in [4.78, 5) is 4.39. The molecule has 0 spiro atoms. The molecule has 0 unspecified atom stereocenters. The third kappa shape index (κ3) is 3.10. The number of amidine groups is 1. The first-order valence-corrected chi connectivity index (χ1v) is 5.92. The predicted molar refractivity (Wildman–Crippen MR) is 74.4 cm³/mol. The van der Waals surface area contributed by atoms with E-state index in [1.807, 2.05) is 61.5 Å². The molecule has 0 bridgehead atoms. The molecule has 0 saturated carbocycles. The first kappa shape index (κ1) is 12.2. The number of nitrogens with two attached hydrogens (primary N) is 1. The highest BCUT2D eigenvalue weighted by atomic mass is 16.5. The molecular weight excluding hydrogens is 224 g/mol. The Morgan fingerprint density at radius 2 is 1.89 bits per heavy atom. The van der Waals surface area contributed by atoms with Crippen molar-refractivity contribution < 1.29 is 4.74 Å². The molecule has 0 radical (unpaired) electrons. The van der Waals surface area contributed by atoms with Crippen LogP contribution in [-0.2, 0) is 0 Å². The number of hydrogen-bond acceptors (Lipinski definition) is 2. The van der Waals surface area contributed by atoms with Crippen LogP contribution >= 0.6 is 0 Å². The van der Waals surface area contributed by atoms with Crippen LogP contribution in [0.5, 0.6) is 5.75 Å². The van der Waals surface area contributed by atoms with Gasteiger partial charge in [-0.3, -0.25) is 0 Å². The zero-order valence-electron chi connectivity index (χ0n) is 10.3. The second-order valence-electron chi connectivity index (χ2n) is 3.79. The Morgan fingerprint density at radius 1 is 1.11 bits per heavy atom. The normalized spacial score (nSPS) is 11.3.